The minimum atomic E-state index is -0.509. The summed E-state index contributed by atoms with van der Waals surface area (Å²) in [5, 5.41) is 2.69. The molecule has 0 aromatic rings. The van der Waals surface area contributed by atoms with Gasteiger partial charge >= 0.3 is 0 Å². The van der Waals surface area contributed by atoms with E-state index in [0.717, 1.165) is 6.42 Å². The van der Waals surface area contributed by atoms with E-state index in [4.69, 9.17) is 11.5 Å². The molecular formula is C12H25N3O2. The van der Waals surface area contributed by atoms with Gasteiger partial charge in [-0.1, -0.05) is 27.2 Å². The van der Waals surface area contributed by atoms with E-state index in [9.17, 15) is 9.59 Å². The molecule has 2 amide bonds. The van der Waals surface area contributed by atoms with Gasteiger partial charge in [0.15, 0.2) is 0 Å². The molecule has 0 aliphatic heterocycles. The van der Waals surface area contributed by atoms with Crippen LogP contribution in [0.1, 0.15) is 40.0 Å². The number of hydrogen-bond donors (Lipinski definition) is 3. The number of primary amides is 1. The summed E-state index contributed by atoms with van der Waals surface area (Å²) in [4.78, 5) is 22.7. The molecule has 0 rings (SSSR count). The van der Waals surface area contributed by atoms with E-state index in [-0.39, 0.29) is 24.3 Å². The summed E-state index contributed by atoms with van der Waals surface area (Å²) in [7, 11) is 0. The summed E-state index contributed by atoms with van der Waals surface area (Å²) < 4.78 is 0. The summed E-state index contributed by atoms with van der Waals surface area (Å²) in [6.45, 7) is 6.28. The van der Waals surface area contributed by atoms with Gasteiger partial charge in [0.25, 0.3) is 0 Å². The number of hydrogen-bond acceptors (Lipinski definition) is 3. The van der Waals surface area contributed by atoms with Crippen molar-refractivity contribution in [2.24, 2.45) is 23.3 Å². The zero-order valence-electron chi connectivity index (χ0n) is 11.0. The fourth-order valence-corrected chi connectivity index (χ4v) is 1.66. The normalized spacial score (nSPS) is 14.4. The van der Waals surface area contributed by atoms with Crippen LogP contribution in [0.4, 0.5) is 0 Å². The van der Waals surface area contributed by atoms with Crippen LogP contribution in [-0.2, 0) is 9.59 Å². The minimum Gasteiger partial charge on any atom is -0.369 e. The molecule has 0 radical (unpaired) electrons. The Kier molecular flexibility index (Phi) is 7.54. The zero-order chi connectivity index (χ0) is 13.4. The fraction of sp³-hybridized carbons (Fsp3) is 0.833. The number of carbonyl (C=O) groups is 2. The SMILES string of the molecule is CCC[C@@H](CNC(=O)[C@H](N)CC(C)C)C(N)=O. The van der Waals surface area contributed by atoms with Crippen LogP contribution in [0.15, 0.2) is 0 Å². The molecule has 0 aliphatic rings. The van der Waals surface area contributed by atoms with Gasteiger partial charge in [0, 0.05) is 6.54 Å². The Morgan fingerprint density at radius 1 is 1.29 bits per heavy atom. The summed E-state index contributed by atoms with van der Waals surface area (Å²) in [5.41, 5.74) is 11.0. The predicted molar refractivity (Wildman–Crippen MR) is 68.0 cm³/mol. The lowest BCUT2D eigenvalue weighted by Crippen LogP contribution is -2.44. The third-order valence-corrected chi connectivity index (χ3v) is 2.62. The highest BCUT2D eigenvalue weighted by molar-refractivity contribution is 5.82. The largest absolute Gasteiger partial charge is 0.369 e. The molecule has 2 atom stereocenters. The number of nitrogens with one attached hydrogen (secondary N) is 1. The highest BCUT2D eigenvalue weighted by atomic mass is 16.2. The Morgan fingerprint density at radius 3 is 2.29 bits per heavy atom. The van der Waals surface area contributed by atoms with Crippen LogP contribution in [0.3, 0.4) is 0 Å². The number of rotatable bonds is 8. The van der Waals surface area contributed by atoms with Crippen molar-refractivity contribution in [3.63, 3.8) is 0 Å². The molecule has 0 aromatic carbocycles. The van der Waals surface area contributed by atoms with Crippen LogP contribution in [0.2, 0.25) is 0 Å². The van der Waals surface area contributed by atoms with Gasteiger partial charge in [-0.3, -0.25) is 9.59 Å². The second kappa shape index (κ2) is 8.06. The first-order valence-electron chi connectivity index (χ1n) is 6.21. The molecule has 5 N–H and O–H groups in total. The molecule has 0 saturated carbocycles. The van der Waals surface area contributed by atoms with Crippen LogP contribution in [0.25, 0.3) is 0 Å². The van der Waals surface area contributed by atoms with Gasteiger partial charge in [0.1, 0.15) is 0 Å². The van der Waals surface area contributed by atoms with E-state index in [1.54, 1.807) is 0 Å². The third kappa shape index (κ3) is 6.94. The Balaban J connectivity index is 4.07. The highest BCUT2D eigenvalue weighted by Gasteiger charge is 2.18. The van der Waals surface area contributed by atoms with Crippen LogP contribution in [0.5, 0.6) is 0 Å². The first-order valence-corrected chi connectivity index (χ1v) is 6.21. The van der Waals surface area contributed by atoms with E-state index in [1.807, 2.05) is 20.8 Å². The smallest absolute Gasteiger partial charge is 0.236 e. The van der Waals surface area contributed by atoms with Crippen molar-refractivity contribution >= 4 is 11.8 Å². The van der Waals surface area contributed by atoms with E-state index in [2.05, 4.69) is 5.32 Å². The second-order valence-corrected chi connectivity index (χ2v) is 4.87. The van der Waals surface area contributed by atoms with Crippen molar-refractivity contribution in [1.29, 1.82) is 0 Å². The van der Waals surface area contributed by atoms with Crippen LogP contribution < -0.4 is 16.8 Å². The Bertz CT molecular complexity index is 254. The standard InChI is InChI=1S/C12H25N3O2/c1-4-5-9(11(14)16)7-15-12(17)10(13)6-8(2)3/h8-10H,4-7,13H2,1-3H3,(H2,14,16)(H,15,17)/t9-,10+/m0/s1. The average molecular weight is 243 g/mol. The quantitative estimate of drug-likeness (QED) is 0.574. The Hall–Kier alpha value is -1.10. The molecule has 0 aromatic heterocycles. The zero-order valence-corrected chi connectivity index (χ0v) is 11.0. The lowest BCUT2D eigenvalue weighted by atomic mass is 10.0. The van der Waals surface area contributed by atoms with Crippen LogP contribution >= 0.6 is 0 Å². The van der Waals surface area contributed by atoms with E-state index in [0.29, 0.717) is 18.8 Å². The molecule has 17 heavy (non-hydrogen) atoms. The van der Waals surface area contributed by atoms with E-state index in [1.165, 1.54) is 0 Å². The molecule has 5 nitrogen and oxygen atoms in total. The molecule has 100 valence electrons. The summed E-state index contributed by atoms with van der Waals surface area (Å²) in [5.74, 6) is -0.501. The van der Waals surface area contributed by atoms with E-state index < -0.39 is 6.04 Å². The van der Waals surface area contributed by atoms with Crippen molar-refractivity contribution in [2.75, 3.05) is 6.54 Å². The Morgan fingerprint density at radius 2 is 1.88 bits per heavy atom. The second-order valence-electron chi connectivity index (χ2n) is 4.87. The van der Waals surface area contributed by atoms with Gasteiger partial charge in [0.05, 0.1) is 12.0 Å². The summed E-state index contributed by atoms with van der Waals surface area (Å²) in [6.07, 6.45) is 2.19. The predicted octanol–water partition coefficient (Wildman–Crippen LogP) is 0.378. The highest BCUT2D eigenvalue weighted by Crippen LogP contribution is 2.05. The maximum Gasteiger partial charge on any atom is 0.236 e. The first kappa shape index (κ1) is 15.9. The monoisotopic (exact) mass is 243 g/mol. The molecule has 0 spiro atoms. The molecule has 0 fully saturated rings. The first-order chi connectivity index (χ1) is 7.88. The molecule has 0 saturated heterocycles. The van der Waals surface area contributed by atoms with Crippen LogP contribution in [0, 0.1) is 11.8 Å². The molecule has 0 bridgehead atoms. The summed E-state index contributed by atoms with van der Waals surface area (Å²) in [6, 6.07) is -0.509. The third-order valence-electron chi connectivity index (χ3n) is 2.62. The lowest BCUT2D eigenvalue weighted by Gasteiger charge is -2.17. The number of carbonyl (C=O) groups excluding carboxylic acids is 2. The average Bonchev–Trinajstić information content (AvgIpc) is 2.22. The summed E-state index contributed by atoms with van der Waals surface area (Å²) >= 11 is 0. The van der Waals surface area contributed by atoms with Gasteiger partial charge < -0.3 is 16.8 Å². The van der Waals surface area contributed by atoms with E-state index >= 15 is 0 Å². The number of nitrogens with two attached hydrogens (primary N) is 2. The van der Waals surface area contributed by atoms with Gasteiger partial charge in [-0.25, -0.2) is 0 Å². The van der Waals surface area contributed by atoms with Crippen molar-refractivity contribution in [3.8, 4) is 0 Å². The molecule has 0 unspecified atom stereocenters. The van der Waals surface area contributed by atoms with Crippen molar-refractivity contribution < 1.29 is 9.59 Å². The topological polar surface area (TPSA) is 98.2 Å². The molecule has 0 aliphatic carbocycles. The van der Waals surface area contributed by atoms with Gasteiger partial charge in [-0.2, -0.15) is 0 Å². The van der Waals surface area contributed by atoms with Gasteiger partial charge in [-0.15, -0.1) is 0 Å². The van der Waals surface area contributed by atoms with Crippen molar-refractivity contribution in [1.82, 2.24) is 5.32 Å². The Labute approximate surface area is 103 Å². The van der Waals surface area contributed by atoms with Crippen molar-refractivity contribution in [2.45, 2.75) is 46.1 Å². The maximum atomic E-state index is 11.6. The minimum absolute atomic E-state index is 0.207. The maximum absolute atomic E-state index is 11.6. The number of amides is 2. The van der Waals surface area contributed by atoms with Crippen LogP contribution in [-0.4, -0.2) is 24.4 Å². The lowest BCUT2D eigenvalue weighted by molar-refractivity contribution is -0.124. The molecule has 5 heteroatoms. The van der Waals surface area contributed by atoms with Gasteiger partial charge in [0.2, 0.25) is 11.8 Å². The van der Waals surface area contributed by atoms with Gasteiger partial charge in [-0.05, 0) is 18.8 Å². The molecular weight excluding hydrogens is 218 g/mol. The van der Waals surface area contributed by atoms with Crippen molar-refractivity contribution in [3.05, 3.63) is 0 Å². The fourth-order valence-electron chi connectivity index (χ4n) is 1.66. The molecule has 0 heterocycles.